The minimum atomic E-state index is -0.860. The number of fused-ring (bicyclic) bond motifs is 1. The van der Waals surface area contributed by atoms with Gasteiger partial charge in [0.25, 0.3) is 0 Å². The molecule has 0 radical (unpaired) electrons. The SMILES string of the molecule is CNc1ncnc2c1ccn2[C@@H]1C[C@H](CN(CCCN)c2cncs2)[C@@H](O)[C@H]1O. The van der Waals surface area contributed by atoms with Gasteiger partial charge in [-0.1, -0.05) is 0 Å². The summed E-state index contributed by atoms with van der Waals surface area (Å²) in [6.07, 6.45) is 5.11. The van der Waals surface area contributed by atoms with Crippen LogP contribution in [0.5, 0.6) is 0 Å². The third kappa shape index (κ3) is 3.80. The summed E-state index contributed by atoms with van der Waals surface area (Å²) in [5.74, 6) is 0.675. The second kappa shape index (κ2) is 8.62. The number of hydrogen-bond donors (Lipinski definition) is 4. The molecule has 1 saturated carbocycles. The summed E-state index contributed by atoms with van der Waals surface area (Å²) in [4.78, 5) is 15.0. The molecule has 0 bridgehead atoms. The number of nitrogens with zero attached hydrogens (tertiary/aromatic N) is 5. The van der Waals surface area contributed by atoms with Gasteiger partial charge in [0.2, 0.25) is 0 Å². The van der Waals surface area contributed by atoms with Gasteiger partial charge in [0, 0.05) is 32.3 Å². The van der Waals surface area contributed by atoms with Crippen molar-refractivity contribution in [3.8, 4) is 0 Å². The normalized spacial score (nSPS) is 24.3. The van der Waals surface area contributed by atoms with Crippen LogP contribution in [-0.2, 0) is 0 Å². The zero-order valence-corrected chi connectivity index (χ0v) is 17.2. The summed E-state index contributed by atoms with van der Waals surface area (Å²) in [7, 11) is 1.82. The van der Waals surface area contributed by atoms with Crippen molar-refractivity contribution in [2.75, 3.05) is 36.9 Å². The summed E-state index contributed by atoms with van der Waals surface area (Å²) in [6.45, 7) is 2.05. The van der Waals surface area contributed by atoms with Crippen molar-refractivity contribution in [2.45, 2.75) is 31.1 Å². The molecule has 156 valence electrons. The number of aliphatic hydroxyl groups is 2. The smallest absolute Gasteiger partial charge is 0.145 e. The molecule has 0 aromatic carbocycles. The first-order valence-corrected chi connectivity index (χ1v) is 10.7. The van der Waals surface area contributed by atoms with E-state index in [1.807, 2.05) is 30.1 Å². The summed E-state index contributed by atoms with van der Waals surface area (Å²) < 4.78 is 1.96. The van der Waals surface area contributed by atoms with Crippen LogP contribution in [0, 0.1) is 5.92 Å². The number of rotatable bonds is 8. The predicted molar refractivity (Wildman–Crippen MR) is 114 cm³/mol. The van der Waals surface area contributed by atoms with Gasteiger partial charge < -0.3 is 30.7 Å². The Morgan fingerprint density at radius 3 is 2.93 bits per heavy atom. The van der Waals surface area contributed by atoms with Crippen LogP contribution in [-0.4, -0.2) is 68.6 Å². The van der Waals surface area contributed by atoms with E-state index >= 15 is 0 Å². The fraction of sp³-hybridized carbons (Fsp3) is 0.526. The third-order valence-electron chi connectivity index (χ3n) is 5.69. The molecule has 0 spiro atoms. The maximum Gasteiger partial charge on any atom is 0.145 e. The number of thiazole rings is 1. The van der Waals surface area contributed by atoms with Gasteiger partial charge in [0.1, 0.15) is 28.9 Å². The predicted octanol–water partition coefficient (Wildman–Crippen LogP) is 1.07. The van der Waals surface area contributed by atoms with Crippen molar-refractivity contribution in [3.05, 3.63) is 30.3 Å². The van der Waals surface area contributed by atoms with Crippen molar-refractivity contribution >= 4 is 33.2 Å². The van der Waals surface area contributed by atoms with E-state index in [9.17, 15) is 10.2 Å². The molecule has 0 saturated heterocycles. The van der Waals surface area contributed by atoms with Crippen molar-refractivity contribution in [3.63, 3.8) is 0 Å². The Labute approximate surface area is 173 Å². The Bertz CT molecular complexity index is 932. The lowest BCUT2D eigenvalue weighted by Crippen LogP contribution is -2.36. The first-order valence-electron chi connectivity index (χ1n) is 9.83. The van der Waals surface area contributed by atoms with Gasteiger partial charge in [0.15, 0.2) is 0 Å². The Balaban J connectivity index is 1.56. The Kier molecular flexibility index (Phi) is 5.95. The third-order valence-corrected chi connectivity index (χ3v) is 6.52. The van der Waals surface area contributed by atoms with Crippen LogP contribution in [0.15, 0.2) is 30.3 Å². The Morgan fingerprint density at radius 2 is 2.21 bits per heavy atom. The minimum Gasteiger partial charge on any atom is -0.390 e. The lowest BCUT2D eigenvalue weighted by Gasteiger charge is -2.27. The number of nitrogens with one attached hydrogen (secondary N) is 1. The van der Waals surface area contributed by atoms with Crippen molar-refractivity contribution in [1.82, 2.24) is 19.5 Å². The van der Waals surface area contributed by atoms with Crippen LogP contribution in [0.2, 0.25) is 0 Å². The van der Waals surface area contributed by atoms with E-state index in [0.29, 0.717) is 19.5 Å². The van der Waals surface area contributed by atoms with Gasteiger partial charge in [0.05, 0.1) is 29.2 Å². The molecule has 29 heavy (non-hydrogen) atoms. The van der Waals surface area contributed by atoms with Gasteiger partial charge in [-0.25, -0.2) is 9.97 Å². The van der Waals surface area contributed by atoms with Crippen LogP contribution >= 0.6 is 11.3 Å². The first kappa shape index (κ1) is 20.0. The maximum atomic E-state index is 10.8. The highest BCUT2D eigenvalue weighted by molar-refractivity contribution is 7.13. The van der Waals surface area contributed by atoms with Crippen LogP contribution < -0.4 is 16.0 Å². The molecule has 5 N–H and O–H groups in total. The molecule has 0 unspecified atom stereocenters. The summed E-state index contributed by atoms with van der Waals surface area (Å²) in [5.41, 5.74) is 8.26. The Morgan fingerprint density at radius 1 is 1.34 bits per heavy atom. The molecule has 3 aromatic heterocycles. The zero-order valence-electron chi connectivity index (χ0n) is 16.3. The fourth-order valence-corrected chi connectivity index (χ4v) is 4.88. The lowest BCUT2D eigenvalue weighted by molar-refractivity contribution is 0.00794. The second-order valence-electron chi connectivity index (χ2n) is 7.40. The molecule has 4 atom stereocenters. The minimum absolute atomic E-state index is 0.0714. The standard InChI is InChI=1S/C19H27N7O2S/c1-21-18-13-3-6-26(19(13)24-10-23-18)14-7-12(16(27)17(14)28)9-25(5-2-4-20)15-8-22-11-29-15/h3,6,8,10-12,14,16-17,27-28H,2,4-5,7,9,20H2,1H3,(H,21,23,24)/t12-,14-,16-,17+/m1/s1. The monoisotopic (exact) mass is 417 g/mol. The van der Waals surface area contributed by atoms with E-state index in [4.69, 9.17) is 5.73 Å². The summed E-state index contributed by atoms with van der Waals surface area (Å²) in [5, 5.41) is 26.6. The zero-order chi connectivity index (χ0) is 20.4. The van der Waals surface area contributed by atoms with E-state index in [1.165, 1.54) is 6.33 Å². The van der Waals surface area contributed by atoms with Crippen LogP contribution in [0.3, 0.4) is 0 Å². The number of aliphatic hydroxyl groups excluding tert-OH is 2. The van der Waals surface area contributed by atoms with E-state index < -0.39 is 12.2 Å². The largest absolute Gasteiger partial charge is 0.390 e. The van der Waals surface area contributed by atoms with E-state index in [-0.39, 0.29) is 12.0 Å². The molecular weight excluding hydrogens is 390 g/mol. The number of hydrogen-bond acceptors (Lipinski definition) is 9. The highest BCUT2D eigenvalue weighted by atomic mass is 32.1. The summed E-state index contributed by atoms with van der Waals surface area (Å²) in [6, 6.07) is 1.70. The van der Waals surface area contributed by atoms with Gasteiger partial charge in [-0.3, -0.25) is 4.98 Å². The van der Waals surface area contributed by atoms with Crippen LogP contribution in [0.25, 0.3) is 11.0 Å². The number of nitrogens with two attached hydrogens (primary N) is 1. The highest BCUT2D eigenvalue weighted by Crippen LogP contribution is 2.39. The number of anilines is 2. The number of aromatic nitrogens is 4. The molecular formula is C19H27N7O2S. The van der Waals surface area contributed by atoms with E-state index in [1.54, 1.807) is 16.8 Å². The van der Waals surface area contributed by atoms with Crippen molar-refractivity contribution in [1.29, 1.82) is 0 Å². The quantitative estimate of drug-likeness (QED) is 0.429. The first-order chi connectivity index (χ1) is 14.1. The second-order valence-corrected chi connectivity index (χ2v) is 8.27. The van der Waals surface area contributed by atoms with Crippen molar-refractivity contribution < 1.29 is 10.2 Å². The molecule has 0 aliphatic heterocycles. The average molecular weight is 418 g/mol. The van der Waals surface area contributed by atoms with Crippen LogP contribution in [0.4, 0.5) is 10.8 Å². The maximum absolute atomic E-state index is 10.8. The van der Waals surface area contributed by atoms with Gasteiger partial charge in [-0.05, 0) is 25.5 Å². The molecule has 3 heterocycles. The Hall–Kier alpha value is -2.27. The summed E-state index contributed by atoms with van der Waals surface area (Å²) >= 11 is 1.57. The van der Waals surface area contributed by atoms with Crippen molar-refractivity contribution in [2.24, 2.45) is 11.7 Å². The molecule has 1 fully saturated rings. The van der Waals surface area contributed by atoms with E-state index in [0.717, 1.165) is 34.8 Å². The topological polar surface area (TPSA) is 125 Å². The molecule has 3 aromatic rings. The van der Waals surface area contributed by atoms with Gasteiger partial charge in [-0.15, -0.1) is 11.3 Å². The molecule has 1 aliphatic carbocycles. The molecule has 9 nitrogen and oxygen atoms in total. The molecule has 1 aliphatic rings. The highest BCUT2D eigenvalue weighted by Gasteiger charge is 2.43. The van der Waals surface area contributed by atoms with Gasteiger partial charge >= 0.3 is 0 Å². The fourth-order valence-electron chi connectivity index (χ4n) is 4.22. The van der Waals surface area contributed by atoms with Crippen LogP contribution in [0.1, 0.15) is 18.9 Å². The average Bonchev–Trinajstić information content (AvgIpc) is 3.47. The molecule has 10 heteroatoms. The molecule has 0 amide bonds. The van der Waals surface area contributed by atoms with E-state index in [2.05, 4.69) is 25.2 Å². The van der Waals surface area contributed by atoms with Gasteiger partial charge in [-0.2, -0.15) is 0 Å². The molecule has 4 rings (SSSR count). The lowest BCUT2D eigenvalue weighted by atomic mass is 10.0.